The number of aryl methyl sites for hydroxylation is 1. The van der Waals surface area contributed by atoms with Gasteiger partial charge in [-0.1, -0.05) is 35.9 Å². The van der Waals surface area contributed by atoms with E-state index < -0.39 is 16.1 Å². The highest BCUT2D eigenvalue weighted by Crippen LogP contribution is 2.21. The zero-order valence-corrected chi connectivity index (χ0v) is 16.0. The zero-order chi connectivity index (χ0) is 19.2. The van der Waals surface area contributed by atoms with Gasteiger partial charge in [-0.3, -0.25) is 9.10 Å². The Labute approximate surface area is 154 Å². The van der Waals surface area contributed by atoms with Gasteiger partial charge < -0.3 is 10.1 Å². The summed E-state index contributed by atoms with van der Waals surface area (Å²) in [6.45, 7) is 4.06. The van der Waals surface area contributed by atoms with Crippen LogP contribution < -0.4 is 14.4 Å². The second-order valence-corrected chi connectivity index (χ2v) is 7.88. The summed E-state index contributed by atoms with van der Waals surface area (Å²) < 4.78 is 31.0. The minimum Gasteiger partial charge on any atom is -0.492 e. The molecule has 6 nitrogen and oxygen atoms in total. The van der Waals surface area contributed by atoms with Gasteiger partial charge in [0.1, 0.15) is 18.4 Å². The van der Waals surface area contributed by atoms with Gasteiger partial charge in [-0.25, -0.2) is 8.42 Å². The molecule has 0 aliphatic heterocycles. The van der Waals surface area contributed by atoms with Crippen molar-refractivity contribution in [1.82, 2.24) is 5.32 Å². The lowest BCUT2D eigenvalue weighted by Crippen LogP contribution is -2.48. The van der Waals surface area contributed by atoms with Crippen LogP contribution in [-0.2, 0) is 14.8 Å². The van der Waals surface area contributed by atoms with Crippen molar-refractivity contribution in [3.8, 4) is 5.75 Å². The van der Waals surface area contributed by atoms with E-state index in [0.29, 0.717) is 18.0 Å². The van der Waals surface area contributed by atoms with E-state index in [1.54, 1.807) is 19.1 Å². The van der Waals surface area contributed by atoms with Crippen molar-refractivity contribution < 1.29 is 17.9 Å². The molecule has 140 valence electrons. The Morgan fingerprint density at radius 1 is 1.12 bits per heavy atom. The monoisotopic (exact) mass is 376 g/mol. The largest absolute Gasteiger partial charge is 0.492 e. The summed E-state index contributed by atoms with van der Waals surface area (Å²) in [5, 5.41) is 2.72. The smallest absolute Gasteiger partial charge is 0.243 e. The first kappa shape index (κ1) is 19.8. The van der Waals surface area contributed by atoms with Crippen molar-refractivity contribution >= 4 is 21.6 Å². The number of anilines is 1. The molecule has 7 heteroatoms. The molecule has 0 spiro atoms. The van der Waals surface area contributed by atoms with Gasteiger partial charge in [-0.15, -0.1) is 0 Å². The molecule has 1 unspecified atom stereocenters. The summed E-state index contributed by atoms with van der Waals surface area (Å²) in [7, 11) is -3.61. The molecule has 26 heavy (non-hydrogen) atoms. The van der Waals surface area contributed by atoms with Crippen LogP contribution in [-0.4, -0.2) is 39.8 Å². The standard InChI is InChI=1S/C19H24N2O4S/c1-15-9-11-17(12-10-15)21(26(3,23)24)16(2)19(22)20-13-14-25-18-7-5-4-6-8-18/h4-12,16H,13-14H2,1-3H3,(H,20,22). The average Bonchev–Trinajstić information content (AvgIpc) is 2.60. The molecular weight excluding hydrogens is 352 g/mol. The van der Waals surface area contributed by atoms with E-state index >= 15 is 0 Å². The summed E-state index contributed by atoms with van der Waals surface area (Å²) in [5.41, 5.74) is 1.47. The maximum Gasteiger partial charge on any atom is 0.243 e. The van der Waals surface area contributed by atoms with Crippen LogP contribution in [0.3, 0.4) is 0 Å². The zero-order valence-electron chi connectivity index (χ0n) is 15.2. The fourth-order valence-corrected chi connectivity index (χ4v) is 3.68. The molecule has 0 aliphatic rings. The number of carbonyl (C=O) groups excluding carboxylic acids is 1. The van der Waals surface area contributed by atoms with Crippen molar-refractivity contribution in [2.45, 2.75) is 19.9 Å². The van der Waals surface area contributed by atoms with Gasteiger partial charge in [-0.2, -0.15) is 0 Å². The van der Waals surface area contributed by atoms with Crippen LogP contribution in [0.25, 0.3) is 0 Å². The van der Waals surface area contributed by atoms with E-state index in [0.717, 1.165) is 16.1 Å². The summed E-state index contributed by atoms with van der Waals surface area (Å²) in [6.07, 6.45) is 1.09. The van der Waals surface area contributed by atoms with Crippen LogP contribution in [0.1, 0.15) is 12.5 Å². The number of rotatable bonds is 8. The fraction of sp³-hybridized carbons (Fsp3) is 0.316. The Bertz CT molecular complexity index is 820. The number of benzene rings is 2. The first-order valence-electron chi connectivity index (χ1n) is 8.30. The summed E-state index contributed by atoms with van der Waals surface area (Å²) in [6, 6.07) is 15.4. The molecule has 0 radical (unpaired) electrons. The lowest BCUT2D eigenvalue weighted by Gasteiger charge is -2.28. The van der Waals surface area contributed by atoms with Gasteiger partial charge >= 0.3 is 0 Å². The number of sulfonamides is 1. The number of hydrogen-bond acceptors (Lipinski definition) is 4. The van der Waals surface area contributed by atoms with Crippen molar-refractivity contribution in [3.05, 3.63) is 60.2 Å². The number of nitrogens with zero attached hydrogens (tertiary/aromatic N) is 1. The van der Waals surface area contributed by atoms with Gasteiger partial charge in [0.05, 0.1) is 18.5 Å². The third-order valence-corrected chi connectivity index (χ3v) is 5.03. The predicted octanol–water partition coefficient (Wildman–Crippen LogP) is 2.34. The van der Waals surface area contributed by atoms with E-state index in [2.05, 4.69) is 5.32 Å². The van der Waals surface area contributed by atoms with Crippen molar-refractivity contribution in [3.63, 3.8) is 0 Å². The SMILES string of the molecule is Cc1ccc(N(C(C)C(=O)NCCOc2ccccc2)S(C)(=O)=O)cc1. The van der Waals surface area contributed by atoms with Crippen LogP contribution >= 0.6 is 0 Å². The molecular formula is C19H24N2O4S. The number of nitrogens with one attached hydrogen (secondary N) is 1. The number of ether oxygens (including phenoxy) is 1. The molecule has 0 bridgehead atoms. The Kier molecular flexibility index (Phi) is 6.63. The molecule has 0 heterocycles. The van der Waals surface area contributed by atoms with Crippen LogP contribution in [0.5, 0.6) is 5.75 Å². The van der Waals surface area contributed by atoms with Gasteiger partial charge in [-0.05, 0) is 38.1 Å². The van der Waals surface area contributed by atoms with Crippen LogP contribution in [0.2, 0.25) is 0 Å². The van der Waals surface area contributed by atoms with E-state index in [4.69, 9.17) is 4.74 Å². The van der Waals surface area contributed by atoms with Crippen molar-refractivity contribution in [1.29, 1.82) is 0 Å². The van der Waals surface area contributed by atoms with Crippen molar-refractivity contribution in [2.24, 2.45) is 0 Å². The third kappa shape index (κ3) is 5.49. The maximum absolute atomic E-state index is 12.4. The van der Waals surface area contributed by atoms with Gasteiger partial charge in [0.2, 0.25) is 15.9 Å². The molecule has 0 aliphatic carbocycles. The molecule has 2 rings (SSSR count). The number of para-hydroxylation sites is 1. The van der Waals surface area contributed by atoms with Gasteiger partial charge in [0.15, 0.2) is 0 Å². The molecule has 0 saturated carbocycles. The fourth-order valence-electron chi connectivity index (χ4n) is 2.51. The number of carbonyl (C=O) groups is 1. The highest BCUT2D eigenvalue weighted by Gasteiger charge is 2.28. The topological polar surface area (TPSA) is 75.7 Å². The van der Waals surface area contributed by atoms with Crippen LogP contribution in [0, 0.1) is 6.92 Å². The lowest BCUT2D eigenvalue weighted by atomic mass is 10.2. The summed E-state index contributed by atoms with van der Waals surface area (Å²) in [5.74, 6) is 0.333. The number of hydrogen-bond donors (Lipinski definition) is 1. The molecule has 1 amide bonds. The molecule has 1 atom stereocenters. The van der Waals surface area contributed by atoms with E-state index in [1.807, 2.05) is 49.4 Å². The molecule has 0 aromatic heterocycles. The third-order valence-electron chi connectivity index (χ3n) is 3.79. The first-order valence-corrected chi connectivity index (χ1v) is 10.2. The molecule has 0 saturated heterocycles. The number of amides is 1. The Balaban J connectivity index is 1.98. The second-order valence-electron chi connectivity index (χ2n) is 6.02. The Hall–Kier alpha value is -2.54. The van der Waals surface area contributed by atoms with Crippen LogP contribution in [0.4, 0.5) is 5.69 Å². The Morgan fingerprint density at radius 2 is 1.73 bits per heavy atom. The van der Waals surface area contributed by atoms with Crippen LogP contribution in [0.15, 0.2) is 54.6 Å². The Morgan fingerprint density at radius 3 is 2.31 bits per heavy atom. The predicted molar refractivity (Wildman–Crippen MR) is 103 cm³/mol. The maximum atomic E-state index is 12.4. The molecule has 1 N–H and O–H groups in total. The van der Waals surface area contributed by atoms with Crippen molar-refractivity contribution in [2.75, 3.05) is 23.7 Å². The summed E-state index contributed by atoms with van der Waals surface area (Å²) >= 11 is 0. The van der Waals surface area contributed by atoms with Gasteiger partial charge in [0.25, 0.3) is 0 Å². The van der Waals surface area contributed by atoms with E-state index in [9.17, 15) is 13.2 Å². The second kappa shape index (κ2) is 8.71. The molecule has 0 fully saturated rings. The highest BCUT2D eigenvalue weighted by atomic mass is 32.2. The minimum atomic E-state index is -3.61. The van der Waals surface area contributed by atoms with E-state index in [1.165, 1.54) is 0 Å². The average molecular weight is 376 g/mol. The molecule has 2 aromatic carbocycles. The quantitative estimate of drug-likeness (QED) is 0.718. The van der Waals surface area contributed by atoms with E-state index in [-0.39, 0.29) is 12.5 Å². The van der Waals surface area contributed by atoms with Gasteiger partial charge in [0, 0.05) is 0 Å². The highest BCUT2D eigenvalue weighted by molar-refractivity contribution is 7.92. The minimum absolute atomic E-state index is 0.281. The first-order chi connectivity index (χ1) is 12.3. The lowest BCUT2D eigenvalue weighted by molar-refractivity contribution is -0.121. The molecule has 2 aromatic rings. The normalized spacial score (nSPS) is 12.3. The summed E-state index contributed by atoms with van der Waals surface area (Å²) in [4.78, 5) is 12.4.